The van der Waals surface area contributed by atoms with Gasteiger partial charge < -0.3 is 9.47 Å². The van der Waals surface area contributed by atoms with Crippen LogP contribution < -0.4 is 14.2 Å². The maximum atomic E-state index is 12.5. The molecule has 23 heavy (non-hydrogen) atoms. The second-order valence-corrected chi connectivity index (χ2v) is 7.35. The monoisotopic (exact) mass is 399 g/mol. The number of sulfonamides is 1. The molecule has 2 rings (SSSR count). The van der Waals surface area contributed by atoms with Crippen molar-refractivity contribution in [3.8, 4) is 11.5 Å². The summed E-state index contributed by atoms with van der Waals surface area (Å²) in [6.45, 7) is 2.62. The van der Waals surface area contributed by atoms with Crippen molar-refractivity contribution < 1.29 is 17.9 Å². The summed E-state index contributed by atoms with van der Waals surface area (Å²) in [5.41, 5.74) is 0.813. The van der Waals surface area contributed by atoms with Crippen molar-refractivity contribution in [2.75, 3.05) is 13.7 Å². The van der Waals surface area contributed by atoms with Crippen LogP contribution in [0.4, 0.5) is 0 Å². The summed E-state index contributed by atoms with van der Waals surface area (Å²) in [4.78, 5) is 0.0929. The van der Waals surface area contributed by atoms with Crippen LogP contribution in [0.2, 0.25) is 0 Å². The Morgan fingerprint density at radius 2 is 1.96 bits per heavy atom. The van der Waals surface area contributed by atoms with Crippen LogP contribution in [0.15, 0.2) is 51.8 Å². The number of halogens is 1. The largest absolute Gasteiger partial charge is 0.495 e. The molecule has 0 saturated carbocycles. The lowest BCUT2D eigenvalue weighted by molar-refractivity contribution is 0.340. The fraction of sp³-hybridized carbons (Fsp3) is 0.250. The summed E-state index contributed by atoms with van der Waals surface area (Å²) in [6, 6.07) is 12.1. The molecule has 124 valence electrons. The normalized spacial score (nSPS) is 11.3. The minimum Gasteiger partial charge on any atom is -0.495 e. The predicted octanol–water partition coefficient (Wildman–Crippen LogP) is 3.33. The first-order valence-electron chi connectivity index (χ1n) is 7.01. The molecule has 5 nitrogen and oxygen atoms in total. The van der Waals surface area contributed by atoms with Gasteiger partial charge in [-0.1, -0.05) is 28.1 Å². The van der Waals surface area contributed by atoms with Gasteiger partial charge in [-0.05, 0) is 42.8 Å². The average Bonchev–Trinajstić information content (AvgIpc) is 2.54. The van der Waals surface area contributed by atoms with E-state index < -0.39 is 10.0 Å². The van der Waals surface area contributed by atoms with Crippen LogP contribution in [0.1, 0.15) is 12.5 Å². The molecule has 0 atom stereocenters. The molecule has 7 heteroatoms. The molecule has 2 aromatic rings. The topological polar surface area (TPSA) is 64.6 Å². The fourth-order valence-electron chi connectivity index (χ4n) is 2.03. The second kappa shape index (κ2) is 7.81. The summed E-state index contributed by atoms with van der Waals surface area (Å²) in [7, 11) is -2.26. The molecule has 0 unspecified atom stereocenters. The van der Waals surface area contributed by atoms with E-state index in [1.807, 2.05) is 31.2 Å². The number of benzene rings is 2. The molecule has 0 spiro atoms. The summed E-state index contributed by atoms with van der Waals surface area (Å²) in [6.07, 6.45) is 0. The molecule has 0 aliphatic rings. The Morgan fingerprint density at radius 3 is 2.65 bits per heavy atom. The van der Waals surface area contributed by atoms with Gasteiger partial charge in [-0.25, -0.2) is 13.1 Å². The lowest BCUT2D eigenvalue weighted by Crippen LogP contribution is -2.23. The zero-order valence-corrected chi connectivity index (χ0v) is 15.3. The Labute approximate surface area is 144 Å². The molecule has 0 saturated heterocycles. The van der Waals surface area contributed by atoms with Gasteiger partial charge in [-0.15, -0.1) is 0 Å². The highest BCUT2D eigenvalue weighted by Gasteiger charge is 2.19. The van der Waals surface area contributed by atoms with Gasteiger partial charge in [-0.3, -0.25) is 0 Å². The van der Waals surface area contributed by atoms with Crippen molar-refractivity contribution in [3.63, 3.8) is 0 Å². The van der Waals surface area contributed by atoms with Crippen LogP contribution in [0.5, 0.6) is 11.5 Å². The quantitative estimate of drug-likeness (QED) is 0.775. The first kappa shape index (κ1) is 17.8. The van der Waals surface area contributed by atoms with Gasteiger partial charge >= 0.3 is 0 Å². The van der Waals surface area contributed by atoms with Gasteiger partial charge in [0, 0.05) is 11.0 Å². The first-order chi connectivity index (χ1) is 11.0. The molecule has 0 heterocycles. The smallest absolute Gasteiger partial charge is 0.244 e. The lowest BCUT2D eigenvalue weighted by Gasteiger charge is -2.12. The number of nitrogens with one attached hydrogen (secondary N) is 1. The van der Waals surface area contributed by atoms with E-state index in [0.29, 0.717) is 22.6 Å². The molecule has 0 radical (unpaired) electrons. The highest BCUT2D eigenvalue weighted by molar-refractivity contribution is 9.10. The molecule has 2 aromatic carbocycles. The Kier molecular flexibility index (Phi) is 6.04. The van der Waals surface area contributed by atoms with Crippen LogP contribution in [-0.4, -0.2) is 22.1 Å². The lowest BCUT2D eigenvalue weighted by atomic mass is 10.2. The number of methoxy groups -OCH3 is 1. The Hall–Kier alpha value is -1.57. The third-order valence-corrected chi connectivity index (χ3v) is 5.01. The number of hydrogen-bond donors (Lipinski definition) is 1. The molecule has 0 aliphatic carbocycles. The zero-order valence-electron chi connectivity index (χ0n) is 12.9. The van der Waals surface area contributed by atoms with Crippen molar-refractivity contribution in [1.82, 2.24) is 4.72 Å². The Bertz CT molecular complexity index is 777. The Balaban J connectivity index is 2.19. The average molecular weight is 400 g/mol. The van der Waals surface area contributed by atoms with Gasteiger partial charge in [0.2, 0.25) is 10.0 Å². The maximum Gasteiger partial charge on any atom is 0.244 e. The van der Waals surface area contributed by atoms with Crippen LogP contribution in [0.25, 0.3) is 0 Å². The van der Waals surface area contributed by atoms with E-state index in [1.54, 1.807) is 12.1 Å². The van der Waals surface area contributed by atoms with Crippen LogP contribution in [0, 0.1) is 0 Å². The molecule has 0 aromatic heterocycles. The van der Waals surface area contributed by atoms with Gasteiger partial charge in [0.15, 0.2) is 0 Å². The van der Waals surface area contributed by atoms with E-state index in [9.17, 15) is 8.42 Å². The fourth-order valence-corrected chi connectivity index (χ4v) is 3.75. The molecule has 0 aliphatic heterocycles. The van der Waals surface area contributed by atoms with E-state index in [1.165, 1.54) is 13.2 Å². The van der Waals surface area contributed by atoms with Crippen LogP contribution in [-0.2, 0) is 16.6 Å². The van der Waals surface area contributed by atoms with E-state index in [0.717, 1.165) is 5.56 Å². The molecule has 1 N–H and O–H groups in total. The number of hydrogen-bond acceptors (Lipinski definition) is 4. The highest BCUT2D eigenvalue weighted by atomic mass is 79.9. The van der Waals surface area contributed by atoms with Gasteiger partial charge in [-0.2, -0.15) is 0 Å². The third kappa shape index (κ3) is 4.70. The van der Waals surface area contributed by atoms with Crippen molar-refractivity contribution in [3.05, 3.63) is 52.5 Å². The number of rotatable bonds is 7. The zero-order chi connectivity index (χ0) is 16.9. The van der Waals surface area contributed by atoms with E-state index in [-0.39, 0.29) is 11.4 Å². The number of ether oxygens (including phenoxy) is 2. The van der Waals surface area contributed by atoms with Gasteiger partial charge in [0.1, 0.15) is 16.4 Å². The Morgan fingerprint density at radius 1 is 1.17 bits per heavy atom. The summed E-state index contributed by atoms with van der Waals surface area (Å²) in [5, 5.41) is 0. The van der Waals surface area contributed by atoms with E-state index in [2.05, 4.69) is 20.7 Å². The van der Waals surface area contributed by atoms with Crippen LogP contribution >= 0.6 is 15.9 Å². The third-order valence-electron chi connectivity index (χ3n) is 3.09. The SMILES string of the molecule is CCOc1cccc(CNS(=O)(=O)c2cc(Br)ccc2OC)c1. The minimum absolute atomic E-state index is 0.0929. The molecule has 0 fully saturated rings. The van der Waals surface area contributed by atoms with Crippen molar-refractivity contribution in [2.24, 2.45) is 0 Å². The second-order valence-electron chi connectivity index (χ2n) is 4.70. The first-order valence-corrected chi connectivity index (χ1v) is 9.29. The molecular formula is C16H18BrNO4S. The van der Waals surface area contributed by atoms with Crippen molar-refractivity contribution in [2.45, 2.75) is 18.4 Å². The maximum absolute atomic E-state index is 12.5. The van der Waals surface area contributed by atoms with Gasteiger partial charge in [0.25, 0.3) is 0 Å². The standard InChI is InChI=1S/C16H18BrNO4S/c1-3-22-14-6-4-5-12(9-14)11-18-23(19,20)16-10-13(17)7-8-15(16)21-2/h4-10,18H,3,11H2,1-2H3. The minimum atomic E-state index is -3.69. The molecule has 0 amide bonds. The summed E-state index contributed by atoms with van der Waals surface area (Å²) >= 11 is 3.28. The summed E-state index contributed by atoms with van der Waals surface area (Å²) < 4.78 is 38.8. The molecular weight excluding hydrogens is 382 g/mol. The predicted molar refractivity (Wildman–Crippen MR) is 92.3 cm³/mol. The van der Waals surface area contributed by atoms with Crippen molar-refractivity contribution >= 4 is 26.0 Å². The van der Waals surface area contributed by atoms with Crippen LogP contribution in [0.3, 0.4) is 0 Å². The van der Waals surface area contributed by atoms with E-state index in [4.69, 9.17) is 9.47 Å². The summed E-state index contributed by atoms with van der Waals surface area (Å²) in [5.74, 6) is 1.01. The van der Waals surface area contributed by atoms with Gasteiger partial charge in [0.05, 0.1) is 13.7 Å². The van der Waals surface area contributed by atoms with Crippen molar-refractivity contribution in [1.29, 1.82) is 0 Å². The van der Waals surface area contributed by atoms with E-state index >= 15 is 0 Å². The molecule has 0 bridgehead atoms. The highest BCUT2D eigenvalue weighted by Crippen LogP contribution is 2.27.